The Morgan fingerprint density at radius 2 is 1.57 bits per heavy atom. The summed E-state index contributed by atoms with van der Waals surface area (Å²) in [5.41, 5.74) is 0.811. The first kappa shape index (κ1) is 22.6. The van der Waals surface area contributed by atoms with Crippen molar-refractivity contribution in [3.05, 3.63) is 70.3 Å². The van der Waals surface area contributed by atoms with E-state index in [4.69, 9.17) is 5.11 Å². The molecule has 0 fully saturated rings. The standard InChI is InChI=1S/C20H19N3O6S/c1-12(20(26)27)11-18(24)21-14-5-9-17(10-6-14)30-13(2)19(25)22-15-3-7-16(8-4-15)23(28)29/h3-11,13H,1-2H3,(H,21,24)(H,22,25)(H,26,27)/b12-11-. The number of non-ortho nitro benzene ring substituents is 1. The molecule has 0 aliphatic heterocycles. The minimum Gasteiger partial charge on any atom is -0.478 e. The maximum Gasteiger partial charge on any atom is 0.331 e. The number of anilines is 2. The summed E-state index contributed by atoms with van der Waals surface area (Å²) in [6, 6.07) is 12.3. The van der Waals surface area contributed by atoms with Crippen molar-refractivity contribution >= 4 is 46.6 Å². The first-order chi connectivity index (χ1) is 14.2. The first-order valence-corrected chi connectivity index (χ1v) is 9.58. The van der Waals surface area contributed by atoms with Crippen molar-refractivity contribution in [2.45, 2.75) is 24.0 Å². The van der Waals surface area contributed by atoms with Crippen molar-refractivity contribution < 1.29 is 24.4 Å². The van der Waals surface area contributed by atoms with E-state index in [-0.39, 0.29) is 17.2 Å². The van der Waals surface area contributed by atoms with Crippen LogP contribution in [0, 0.1) is 10.1 Å². The number of nitrogens with zero attached hydrogens (tertiary/aromatic N) is 1. The van der Waals surface area contributed by atoms with Gasteiger partial charge in [0.15, 0.2) is 0 Å². The number of aliphatic carboxylic acids is 1. The fourth-order valence-corrected chi connectivity index (χ4v) is 3.09. The van der Waals surface area contributed by atoms with Gasteiger partial charge in [-0.15, -0.1) is 11.8 Å². The summed E-state index contributed by atoms with van der Waals surface area (Å²) in [5, 5.41) is 24.3. The van der Waals surface area contributed by atoms with Crippen LogP contribution in [0.2, 0.25) is 0 Å². The van der Waals surface area contributed by atoms with Crippen molar-refractivity contribution in [3.8, 4) is 0 Å². The zero-order valence-electron chi connectivity index (χ0n) is 16.1. The van der Waals surface area contributed by atoms with Gasteiger partial charge in [0.05, 0.1) is 10.2 Å². The van der Waals surface area contributed by atoms with Gasteiger partial charge in [0.2, 0.25) is 11.8 Å². The molecule has 2 aromatic carbocycles. The number of nitro groups is 1. The van der Waals surface area contributed by atoms with Gasteiger partial charge in [0.1, 0.15) is 0 Å². The predicted octanol–water partition coefficient (Wildman–Crippen LogP) is 3.68. The van der Waals surface area contributed by atoms with E-state index in [9.17, 15) is 24.5 Å². The Balaban J connectivity index is 1.91. The SMILES string of the molecule is C/C(=C/C(=O)Nc1ccc(SC(C)C(=O)Nc2ccc([N+](=O)[O-])cc2)cc1)C(=O)O. The van der Waals surface area contributed by atoms with Gasteiger partial charge in [-0.1, -0.05) is 0 Å². The molecule has 9 nitrogen and oxygen atoms in total. The maximum atomic E-state index is 12.3. The number of amides is 2. The molecular weight excluding hydrogens is 410 g/mol. The van der Waals surface area contributed by atoms with Crippen molar-refractivity contribution in [2.24, 2.45) is 0 Å². The summed E-state index contributed by atoms with van der Waals surface area (Å²) in [7, 11) is 0. The first-order valence-electron chi connectivity index (χ1n) is 8.70. The van der Waals surface area contributed by atoms with Crippen LogP contribution in [-0.2, 0) is 14.4 Å². The summed E-state index contributed by atoms with van der Waals surface area (Å²) < 4.78 is 0. The average molecular weight is 429 g/mol. The predicted molar refractivity (Wildman–Crippen MR) is 114 cm³/mol. The smallest absolute Gasteiger partial charge is 0.331 e. The van der Waals surface area contributed by atoms with Gasteiger partial charge in [0, 0.05) is 40.1 Å². The minimum atomic E-state index is -1.17. The normalized spacial score (nSPS) is 12.0. The van der Waals surface area contributed by atoms with Crippen molar-refractivity contribution in [1.29, 1.82) is 0 Å². The highest BCUT2D eigenvalue weighted by Crippen LogP contribution is 2.26. The summed E-state index contributed by atoms with van der Waals surface area (Å²) in [5.74, 6) is -1.98. The van der Waals surface area contributed by atoms with Gasteiger partial charge in [-0.25, -0.2) is 4.79 Å². The number of hydrogen-bond acceptors (Lipinski definition) is 6. The second kappa shape index (κ2) is 10.2. The lowest BCUT2D eigenvalue weighted by Crippen LogP contribution is -2.22. The van der Waals surface area contributed by atoms with E-state index in [1.54, 1.807) is 31.2 Å². The maximum absolute atomic E-state index is 12.3. The van der Waals surface area contributed by atoms with Crippen LogP contribution in [0.4, 0.5) is 17.1 Å². The van der Waals surface area contributed by atoms with Crippen molar-refractivity contribution in [2.75, 3.05) is 10.6 Å². The van der Waals surface area contributed by atoms with Crippen LogP contribution in [0.5, 0.6) is 0 Å². The quantitative estimate of drug-likeness (QED) is 0.252. The van der Waals surface area contributed by atoms with E-state index in [0.717, 1.165) is 11.0 Å². The monoisotopic (exact) mass is 429 g/mol. The van der Waals surface area contributed by atoms with Crippen LogP contribution < -0.4 is 10.6 Å². The molecule has 0 aliphatic carbocycles. The zero-order valence-corrected chi connectivity index (χ0v) is 16.9. The lowest BCUT2D eigenvalue weighted by Gasteiger charge is -2.12. The van der Waals surface area contributed by atoms with Crippen LogP contribution >= 0.6 is 11.8 Å². The van der Waals surface area contributed by atoms with Crippen LogP contribution in [-0.4, -0.2) is 33.1 Å². The average Bonchev–Trinajstić information content (AvgIpc) is 2.69. The van der Waals surface area contributed by atoms with Crippen LogP contribution in [0.15, 0.2) is 65.1 Å². The number of carboxylic acids is 1. The molecule has 0 radical (unpaired) electrons. The molecule has 0 aromatic heterocycles. The Morgan fingerprint density at radius 1 is 1.03 bits per heavy atom. The minimum absolute atomic E-state index is 0.0591. The zero-order chi connectivity index (χ0) is 22.3. The molecular formula is C20H19N3O6S. The van der Waals surface area contributed by atoms with Crippen molar-refractivity contribution in [3.63, 3.8) is 0 Å². The van der Waals surface area contributed by atoms with E-state index in [0.29, 0.717) is 11.4 Å². The van der Waals surface area contributed by atoms with E-state index >= 15 is 0 Å². The topological polar surface area (TPSA) is 139 Å². The van der Waals surface area contributed by atoms with Gasteiger partial charge in [-0.05, 0) is 50.2 Å². The third kappa shape index (κ3) is 6.74. The highest BCUT2D eigenvalue weighted by atomic mass is 32.2. The van der Waals surface area contributed by atoms with Gasteiger partial charge in [-0.2, -0.15) is 0 Å². The number of carbonyl (C=O) groups is 3. The van der Waals surface area contributed by atoms with Gasteiger partial charge >= 0.3 is 5.97 Å². The number of carbonyl (C=O) groups excluding carboxylic acids is 2. The molecule has 30 heavy (non-hydrogen) atoms. The molecule has 0 aliphatic rings. The van der Waals surface area contributed by atoms with Gasteiger partial charge in [0.25, 0.3) is 5.69 Å². The van der Waals surface area contributed by atoms with Crippen LogP contribution in [0.1, 0.15) is 13.8 Å². The van der Waals surface area contributed by atoms with E-state index in [1.165, 1.54) is 43.0 Å². The lowest BCUT2D eigenvalue weighted by atomic mass is 10.2. The molecule has 3 N–H and O–H groups in total. The molecule has 1 unspecified atom stereocenters. The Morgan fingerprint density at radius 3 is 2.10 bits per heavy atom. The molecule has 0 saturated carbocycles. The van der Waals surface area contributed by atoms with E-state index in [1.807, 2.05) is 0 Å². The molecule has 0 spiro atoms. The number of nitrogens with one attached hydrogen (secondary N) is 2. The Hall–Kier alpha value is -3.66. The number of carboxylic acid groups (broad SMARTS) is 1. The molecule has 0 heterocycles. The number of hydrogen-bond donors (Lipinski definition) is 3. The van der Waals surface area contributed by atoms with E-state index in [2.05, 4.69) is 10.6 Å². The molecule has 2 aromatic rings. The van der Waals surface area contributed by atoms with E-state index < -0.39 is 22.0 Å². The summed E-state index contributed by atoms with van der Waals surface area (Å²) in [4.78, 5) is 45.8. The molecule has 0 saturated heterocycles. The third-order valence-corrected chi connectivity index (χ3v) is 4.95. The highest BCUT2D eigenvalue weighted by molar-refractivity contribution is 8.00. The molecule has 0 bridgehead atoms. The summed E-state index contributed by atoms with van der Waals surface area (Å²) in [6.45, 7) is 3.05. The number of benzene rings is 2. The lowest BCUT2D eigenvalue weighted by molar-refractivity contribution is -0.384. The third-order valence-electron chi connectivity index (χ3n) is 3.83. The summed E-state index contributed by atoms with van der Waals surface area (Å²) >= 11 is 1.30. The van der Waals surface area contributed by atoms with Crippen LogP contribution in [0.25, 0.3) is 0 Å². The Kier molecular flexibility index (Phi) is 7.70. The second-order valence-electron chi connectivity index (χ2n) is 6.20. The van der Waals surface area contributed by atoms with Gasteiger partial charge in [-0.3, -0.25) is 19.7 Å². The molecule has 156 valence electrons. The molecule has 2 rings (SSSR count). The Bertz CT molecular complexity index is 987. The van der Waals surface area contributed by atoms with Crippen LogP contribution in [0.3, 0.4) is 0 Å². The van der Waals surface area contributed by atoms with Crippen molar-refractivity contribution in [1.82, 2.24) is 0 Å². The molecule has 1 atom stereocenters. The molecule has 10 heteroatoms. The fraction of sp³-hybridized carbons (Fsp3) is 0.150. The highest BCUT2D eigenvalue weighted by Gasteiger charge is 2.15. The number of thioether (sulfide) groups is 1. The molecule has 2 amide bonds. The van der Waals surface area contributed by atoms with Gasteiger partial charge < -0.3 is 15.7 Å². The largest absolute Gasteiger partial charge is 0.478 e. The number of rotatable bonds is 8. The fourth-order valence-electron chi connectivity index (χ4n) is 2.22. The number of nitro benzene ring substituents is 1. The second-order valence-corrected chi connectivity index (χ2v) is 7.61. The Labute approximate surface area is 176 Å². The summed E-state index contributed by atoms with van der Waals surface area (Å²) in [6.07, 6.45) is 0.996.